The summed E-state index contributed by atoms with van der Waals surface area (Å²) in [6, 6.07) is 9.95. The van der Waals surface area contributed by atoms with Crippen LogP contribution in [0.25, 0.3) is 5.65 Å². The number of benzene rings is 1. The minimum absolute atomic E-state index is 0.0734. The third-order valence-corrected chi connectivity index (χ3v) is 3.50. The number of anilines is 1. The zero-order valence-corrected chi connectivity index (χ0v) is 12.9. The predicted molar refractivity (Wildman–Crippen MR) is 87.4 cm³/mol. The Hall–Kier alpha value is -2.86. The fourth-order valence-electron chi connectivity index (χ4n) is 2.15. The fraction of sp³-hybridized carbons (Fsp3) is 0.0625. The van der Waals surface area contributed by atoms with Crippen molar-refractivity contribution in [2.45, 2.75) is 0 Å². The Labute approximate surface area is 136 Å². The minimum Gasteiger partial charge on any atom is -0.495 e. The Morgan fingerprint density at radius 1 is 1.30 bits per heavy atom. The number of aromatic nitrogens is 2. The highest BCUT2D eigenvalue weighted by Gasteiger charge is 2.15. The van der Waals surface area contributed by atoms with Crippen LogP contribution in [0.3, 0.4) is 0 Å². The van der Waals surface area contributed by atoms with Crippen LogP contribution < -0.4 is 15.6 Å². The standard InChI is InChI=1S/C16H12ClN3O3/c1-23-13-6-5-10(17)8-12(13)19-15(21)11-9-18-14-4-2-3-7-20(14)16(11)22/h2-9H,1H3,(H,19,21). The van der Waals surface area contributed by atoms with Crippen LogP contribution in [0.4, 0.5) is 5.69 Å². The van der Waals surface area contributed by atoms with Crippen LogP contribution >= 0.6 is 11.6 Å². The molecule has 0 aliphatic carbocycles. The van der Waals surface area contributed by atoms with Crippen molar-refractivity contribution in [3.63, 3.8) is 0 Å². The first kappa shape index (κ1) is 15.1. The van der Waals surface area contributed by atoms with Gasteiger partial charge in [-0.15, -0.1) is 0 Å². The Morgan fingerprint density at radius 2 is 2.13 bits per heavy atom. The monoisotopic (exact) mass is 329 g/mol. The lowest BCUT2D eigenvalue weighted by molar-refractivity contribution is 0.102. The van der Waals surface area contributed by atoms with E-state index in [9.17, 15) is 9.59 Å². The first-order valence-corrected chi connectivity index (χ1v) is 7.09. The molecule has 2 aromatic heterocycles. The number of fused-ring (bicyclic) bond motifs is 1. The SMILES string of the molecule is COc1ccc(Cl)cc1NC(=O)c1cnc2ccccn2c1=O. The number of ether oxygens (including phenoxy) is 1. The number of carbonyl (C=O) groups excluding carboxylic acids is 1. The normalized spacial score (nSPS) is 10.5. The van der Waals surface area contributed by atoms with Crippen molar-refractivity contribution in [3.8, 4) is 5.75 Å². The van der Waals surface area contributed by atoms with Gasteiger partial charge in [-0.1, -0.05) is 17.7 Å². The van der Waals surface area contributed by atoms with E-state index >= 15 is 0 Å². The van der Waals surface area contributed by atoms with E-state index < -0.39 is 11.5 Å². The van der Waals surface area contributed by atoms with Crippen LogP contribution in [0, 0.1) is 0 Å². The molecule has 0 aliphatic heterocycles. The smallest absolute Gasteiger partial charge is 0.270 e. The summed E-state index contributed by atoms with van der Waals surface area (Å²) >= 11 is 5.93. The Balaban J connectivity index is 2.00. The minimum atomic E-state index is -0.582. The summed E-state index contributed by atoms with van der Waals surface area (Å²) in [6.45, 7) is 0. The Kier molecular flexibility index (Phi) is 3.99. The van der Waals surface area contributed by atoms with Gasteiger partial charge in [0.05, 0.1) is 12.8 Å². The number of amides is 1. The van der Waals surface area contributed by atoms with Gasteiger partial charge in [0.15, 0.2) is 0 Å². The van der Waals surface area contributed by atoms with E-state index in [2.05, 4.69) is 10.3 Å². The van der Waals surface area contributed by atoms with Gasteiger partial charge in [-0.3, -0.25) is 14.0 Å². The molecular weight excluding hydrogens is 318 g/mol. The van der Waals surface area contributed by atoms with E-state index in [1.54, 1.807) is 42.6 Å². The van der Waals surface area contributed by atoms with Crippen LogP contribution in [-0.2, 0) is 0 Å². The molecule has 116 valence electrons. The molecule has 0 saturated heterocycles. The van der Waals surface area contributed by atoms with E-state index in [0.29, 0.717) is 22.1 Å². The number of carbonyl (C=O) groups is 1. The van der Waals surface area contributed by atoms with Crippen molar-refractivity contribution < 1.29 is 9.53 Å². The maximum absolute atomic E-state index is 12.4. The number of nitrogens with zero attached hydrogens (tertiary/aromatic N) is 2. The molecule has 0 bridgehead atoms. The van der Waals surface area contributed by atoms with E-state index in [1.807, 2.05) is 0 Å². The molecule has 0 atom stereocenters. The zero-order valence-electron chi connectivity index (χ0n) is 12.1. The number of halogens is 1. The number of pyridine rings is 1. The summed E-state index contributed by atoms with van der Waals surface area (Å²) in [7, 11) is 1.48. The lowest BCUT2D eigenvalue weighted by atomic mass is 10.2. The summed E-state index contributed by atoms with van der Waals surface area (Å²) in [6.07, 6.45) is 2.81. The van der Waals surface area contributed by atoms with Crippen molar-refractivity contribution in [2.24, 2.45) is 0 Å². The van der Waals surface area contributed by atoms with Gasteiger partial charge < -0.3 is 10.1 Å². The summed E-state index contributed by atoms with van der Waals surface area (Å²) in [5, 5.41) is 3.06. The number of hydrogen-bond acceptors (Lipinski definition) is 4. The van der Waals surface area contributed by atoms with Crippen LogP contribution in [0.15, 0.2) is 53.6 Å². The summed E-state index contributed by atoms with van der Waals surface area (Å²) in [5.41, 5.74) is 0.321. The Bertz CT molecular complexity index is 953. The maximum atomic E-state index is 12.4. The topological polar surface area (TPSA) is 72.7 Å². The average Bonchev–Trinajstić information content (AvgIpc) is 2.55. The first-order chi connectivity index (χ1) is 11.1. The molecule has 6 nitrogen and oxygen atoms in total. The molecular formula is C16H12ClN3O3. The Morgan fingerprint density at radius 3 is 2.91 bits per heavy atom. The fourth-order valence-corrected chi connectivity index (χ4v) is 2.32. The van der Waals surface area contributed by atoms with Gasteiger partial charge in [0, 0.05) is 17.4 Å². The molecule has 23 heavy (non-hydrogen) atoms. The van der Waals surface area contributed by atoms with E-state index in [4.69, 9.17) is 16.3 Å². The second kappa shape index (κ2) is 6.10. The highest BCUT2D eigenvalue weighted by molar-refractivity contribution is 6.31. The number of methoxy groups -OCH3 is 1. The molecule has 0 saturated carbocycles. The summed E-state index contributed by atoms with van der Waals surface area (Å²) in [5.74, 6) is -0.141. The molecule has 1 aromatic carbocycles. The van der Waals surface area contributed by atoms with Gasteiger partial charge in [0.25, 0.3) is 11.5 Å². The van der Waals surface area contributed by atoms with Crippen molar-refractivity contribution in [1.29, 1.82) is 0 Å². The van der Waals surface area contributed by atoms with E-state index in [0.717, 1.165) is 0 Å². The maximum Gasteiger partial charge on any atom is 0.270 e. The molecule has 3 aromatic rings. The molecule has 1 N–H and O–H groups in total. The third-order valence-electron chi connectivity index (χ3n) is 3.27. The van der Waals surface area contributed by atoms with Crippen LogP contribution in [0.2, 0.25) is 5.02 Å². The second-order valence-corrected chi connectivity index (χ2v) is 5.14. The van der Waals surface area contributed by atoms with Gasteiger partial charge in [-0.05, 0) is 30.3 Å². The number of rotatable bonds is 3. The van der Waals surface area contributed by atoms with Crippen molar-refractivity contribution in [1.82, 2.24) is 9.38 Å². The molecule has 1 amide bonds. The average molecular weight is 330 g/mol. The van der Waals surface area contributed by atoms with Gasteiger partial charge in [-0.2, -0.15) is 0 Å². The largest absolute Gasteiger partial charge is 0.495 e. The molecule has 0 unspecified atom stereocenters. The lowest BCUT2D eigenvalue weighted by Crippen LogP contribution is -2.26. The molecule has 0 radical (unpaired) electrons. The van der Waals surface area contributed by atoms with Gasteiger partial charge in [-0.25, -0.2) is 4.98 Å². The molecule has 0 fully saturated rings. The van der Waals surface area contributed by atoms with Gasteiger partial charge in [0.1, 0.15) is 17.0 Å². The molecule has 3 rings (SSSR count). The van der Waals surface area contributed by atoms with Crippen LogP contribution in [-0.4, -0.2) is 22.4 Å². The summed E-state index contributed by atoms with van der Waals surface area (Å²) < 4.78 is 6.47. The highest BCUT2D eigenvalue weighted by Crippen LogP contribution is 2.27. The number of nitrogens with one attached hydrogen (secondary N) is 1. The molecule has 2 heterocycles. The van der Waals surface area contributed by atoms with Gasteiger partial charge in [0.2, 0.25) is 0 Å². The van der Waals surface area contributed by atoms with Crippen molar-refractivity contribution >= 4 is 28.8 Å². The van der Waals surface area contributed by atoms with Crippen LogP contribution in [0.5, 0.6) is 5.75 Å². The third kappa shape index (κ3) is 2.89. The highest BCUT2D eigenvalue weighted by atomic mass is 35.5. The van der Waals surface area contributed by atoms with E-state index in [1.165, 1.54) is 17.7 Å². The van der Waals surface area contributed by atoms with Crippen molar-refractivity contribution in [2.75, 3.05) is 12.4 Å². The van der Waals surface area contributed by atoms with Crippen LogP contribution in [0.1, 0.15) is 10.4 Å². The molecule has 0 aliphatic rings. The quantitative estimate of drug-likeness (QED) is 0.801. The second-order valence-electron chi connectivity index (χ2n) is 4.70. The molecule has 0 spiro atoms. The van der Waals surface area contributed by atoms with E-state index in [-0.39, 0.29) is 5.56 Å². The van der Waals surface area contributed by atoms with Gasteiger partial charge >= 0.3 is 0 Å². The first-order valence-electron chi connectivity index (χ1n) is 6.71. The summed E-state index contributed by atoms with van der Waals surface area (Å²) in [4.78, 5) is 28.9. The van der Waals surface area contributed by atoms with Crippen molar-refractivity contribution in [3.05, 3.63) is 69.7 Å². The lowest BCUT2D eigenvalue weighted by Gasteiger charge is -2.10. The predicted octanol–water partition coefficient (Wildman–Crippen LogP) is 2.61. The molecule has 7 heteroatoms. The number of hydrogen-bond donors (Lipinski definition) is 1. The zero-order chi connectivity index (χ0) is 16.4.